The van der Waals surface area contributed by atoms with Crippen LogP contribution in [-0.4, -0.2) is 22.4 Å². The maximum atomic E-state index is 9.07. The molecule has 0 spiro atoms. The summed E-state index contributed by atoms with van der Waals surface area (Å²) in [5, 5.41) is 0. The fourth-order valence-corrected chi connectivity index (χ4v) is 0.852. The first-order valence-electron chi connectivity index (χ1n) is 3.47. The van der Waals surface area contributed by atoms with Crippen molar-refractivity contribution < 1.29 is 9.53 Å². The molecule has 0 fully saturated rings. The highest BCUT2D eigenvalue weighted by molar-refractivity contribution is 5.94. The number of aromatic hydroxyl groups is 1. The van der Waals surface area contributed by atoms with Gasteiger partial charge in [0.05, 0.1) is 12.5 Å². The summed E-state index contributed by atoms with van der Waals surface area (Å²) in [6.45, 7) is 1.66. The van der Waals surface area contributed by atoms with Crippen LogP contribution in [0.4, 0.5) is 0 Å². The predicted molar refractivity (Wildman–Crippen MR) is 45.7 cm³/mol. The zero-order valence-electron chi connectivity index (χ0n) is 6.70. The van der Waals surface area contributed by atoms with Gasteiger partial charge in [-0.25, -0.2) is 0 Å². The lowest BCUT2D eigenvalue weighted by molar-refractivity contribution is 0.136. The Kier molecular flexibility index (Phi) is 2.26. The van der Waals surface area contributed by atoms with Crippen LogP contribution < -0.4 is 0 Å². The molecule has 0 unspecified atom stereocenters. The Hall–Kier alpha value is -1.31. The van der Waals surface area contributed by atoms with Gasteiger partial charge < -0.3 is 4.74 Å². The molecule has 0 heterocycles. The average Bonchev–Trinajstić information content (AvgIpc) is 2.05. The maximum Gasteiger partial charge on any atom is 0.320 e. The van der Waals surface area contributed by atoms with E-state index in [-0.39, 0.29) is 0 Å². The molecule has 0 saturated carbocycles. The Bertz CT molecular complexity index is 249. The van der Waals surface area contributed by atoms with E-state index < -0.39 is 0 Å². The molecule has 0 aliphatic heterocycles. The van der Waals surface area contributed by atoms with E-state index in [0.29, 0.717) is 5.78 Å². The SMILES string of the molecule is C[OH+]c1ccc(C(C)=[OH+])cc1. The molecule has 0 bridgehead atoms. The summed E-state index contributed by atoms with van der Waals surface area (Å²) in [4.78, 5) is 9.07. The second-order valence-corrected chi connectivity index (χ2v) is 2.36. The normalized spacial score (nSPS) is 9.27. The van der Waals surface area contributed by atoms with Crippen LogP contribution in [0.5, 0.6) is 5.75 Å². The van der Waals surface area contributed by atoms with Gasteiger partial charge in [-0.05, 0) is 12.1 Å². The molecule has 1 aromatic carbocycles. The van der Waals surface area contributed by atoms with Crippen LogP contribution in [0.25, 0.3) is 0 Å². The Balaban J connectivity index is 2.91. The lowest BCUT2D eigenvalue weighted by Gasteiger charge is -1.94. The van der Waals surface area contributed by atoms with Crippen LogP contribution in [0.1, 0.15) is 12.5 Å². The highest BCUT2D eigenvalue weighted by atomic mass is 16.5. The highest BCUT2D eigenvalue weighted by Crippen LogP contribution is 2.11. The molecule has 0 amide bonds. The minimum absolute atomic E-state index is 0.340. The minimum Gasteiger partial charge on any atom is -0.585 e. The summed E-state index contributed by atoms with van der Waals surface area (Å²) in [5.74, 6) is 1.27. The van der Waals surface area contributed by atoms with E-state index in [9.17, 15) is 0 Å². The summed E-state index contributed by atoms with van der Waals surface area (Å²) in [6.07, 6.45) is 0. The lowest BCUT2D eigenvalue weighted by Crippen LogP contribution is -1.92. The Morgan fingerprint density at radius 3 is 2.18 bits per heavy atom. The zero-order chi connectivity index (χ0) is 8.27. The largest absolute Gasteiger partial charge is 0.585 e. The van der Waals surface area contributed by atoms with Gasteiger partial charge in [-0.3, -0.25) is 4.79 Å². The molecule has 0 aliphatic rings. The Morgan fingerprint density at radius 1 is 1.27 bits per heavy atom. The smallest absolute Gasteiger partial charge is 0.320 e. The Labute approximate surface area is 65.8 Å². The van der Waals surface area contributed by atoms with Crippen LogP contribution in [0.3, 0.4) is 0 Å². The van der Waals surface area contributed by atoms with Crippen molar-refractivity contribution in [3.8, 4) is 5.75 Å². The van der Waals surface area contributed by atoms with Gasteiger partial charge in [0.15, 0.2) is 7.11 Å². The van der Waals surface area contributed by atoms with E-state index in [1.807, 2.05) is 24.3 Å². The standard InChI is InChI=1S/C9H10O2/c1-7(10)8-3-5-9(11-2)6-4-8/h3-6H,1-2H3/p+2. The first-order chi connectivity index (χ1) is 5.24. The maximum absolute atomic E-state index is 9.07. The van der Waals surface area contributed by atoms with Crippen LogP contribution in [-0.2, 0) is 0 Å². The van der Waals surface area contributed by atoms with Crippen molar-refractivity contribution in [2.45, 2.75) is 6.92 Å². The number of benzene rings is 1. The monoisotopic (exact) mass is 152 g/mol. The van der Waals surface area contributed by atoms with Crippen LogP contribution >= 0.6 is 0 Å². The van der Waals surface area contributed by atoms with Gasteiger partial charge in [0, 0.05) is 12.1 Å². The molecule has 1 aromatic rings. The summed E-state index contributed by atoms with van der Waals surface area (Å²) in [7, 11) is 1.74. The van der Waals surface area contributed by atoms with Gasteiger partial charge in [0.25, 0.3) is 5.75 Å². The van der Waals surface area contributed by atoms with Gasteiger partial charge in [0.2, 0.25) is 0 Å². The average molecular weight is 152 g/mol. The van der Waals surface area contributed by atoms with E-state index in [4.69, 9.17) is 4.79 Å². The van der Waals surface area contributed by atoms with Crippen molar-refractivity contribution in [1.82, 2.24) is 0 Å². The third-order valence-electron chi connectivity index (χ3n) is 1.54. The molecule has 1 rings (SSSR count). The van der Waals surface area contributed by atoms with Gasteiger partial charge in [-0.15, -0.1) is 0 Å². The summed E-state index contributed by atoms with van der Waals surface area (Å²) >= 11 is 0. The topological polar surface area (TPSA) is 34.2 Å². The molecule has 0 saturated heterocycles. The number of carbonyl (C=O) groups excluding carboxylic acids is 1. The highest BCUT2D eigenvalue weighted by Gasteiger charge is 2.04. The zero-order valence-corrected chi connectivity index (χ0v) is 6.70. The molecule has 2 N–H and O–H groups in total. The van der Waals surface area contributed by atoms with Crippen LogP contribution in [0, 0.1) is 0 Å². The second-order valence-electron chi connectivity index (χ2n) is 2.36. The van der Waals surface area contributed by atoms with Crippen molar-refractivity contribution in [1.29, 1.82) is 0 Å². The number of hydrogen-bond donors (Lipinski definition) is 0. The molecule has 11 heavy (non-hydrogen) atoms. The van der Waals surface area contributed by atoms with Crippen molar-refractivity contribution in [2.75, 3.05) is 7.11 Å². The minimum atomic E-state index is 0.340. The quantitative estimate of drug-likeness (QED) is 0.454. The van der Waals surface area contributed by atoms with E-state index in [0.717, 1.165) is 11.3 Å². The first-order valence-corrected chi connectivity index (χ1v) is 3.47. The molecule has 0 aromatic heterocycles. The Morgan fingerprint density at radius 2 is 1.82 bits per heavy atom. The molecule has 2 nitrogen and oxygen atoms in total. The number of hydrogen-bond acceptors (Lipinski definition) is 0. The number of ketones is 1. The summed E-state index contributed by atoms with van der Waals surface area (Å²) < 4.78 is 3.98. The lowest BCUT2D eigenvalue weighted by atomic mass is 10.1. The van der Waals surface area contributed by atoms with E-state index >= 15 is 0 Å². The summed E-state index contributed by atoms with van der Waals surface area (Å²) in [6, 6.07) is 7.43. The molecule has 58 valence electrons. The number of aliphatic hydroxyl groups is 1. The van der Waals surface area contributed by atoms with Crippen molar-refractivity contribution in [2.24, 2.45) is 0 Å². The van der Waals surface area contributed by atoms with Gasteiger partial charge in [0.1, 0.15) is 0 Å². The summed E-state index contributed by atoms with van der Waals surface area (Å²) in [5.41, 5.74) is 0.845. The first kappa shape index (κ1) is 7.79. The van der Waals surface area contributed by atoms with Crippen molar-refractivity contribution in [3.05, 3.63) is 29.8 Å². The van der Waals surface area contributed by atoms with Gasteiger partial charge in [-0.2, -0.15) is 0 Å². The molecule has 2 heteroatoms. The number of rotatable bonds is 2. The molecular weight excluding hydrogens is 140 g/mol. The van der Waals surface area contributed by atoms with Crippen molar-refractivity contribution >= 4 is 5.78 Å². The fourth-order valence-electron chi connectivity index (χ4n) is 0.852. The molecule has 0 aliphatic carbocycles. The van der Waals surface area contributed by atoms with E-state index in [1.165, 1.54) is 0 Å². The fraction of sp³-hybridized carbons (Fsp3) is 0.222. The van der Waals surface area contributed by atoms with Crippen LogP contribution in [0.15, 0.2) is 24.3 Å². The van der Waals surface area contributed by atoms with Crippen LogP contribution in [0.2, 0.25) is 0 Å². The number of ether oxygens (including phenoxy) is 1. The third kappa shape index (κ3) is 1.80. The van der Waals surface area contributed by atoms with Crippen molar-refractivity contribution in [3.63, 3.8) is 0 Å². The predicted octanol–water partition coefficient (Wildman–Crippen LogP) is 1.47. The van der Waals surface area contributed by atoms with E-state index in [1.54, 1.807) is 14.0 Å². The van der Waals surface area contributed by atoms with Gasteiger partial charge >= 0.3 is 5.78 Å². The third-order valence-corrected chi connectivity index (χ3v) is 1.54. The molecular formula is C9H12O2+2. The molecule has 0 atom stereocenters. The van der Waals surface area contributed by atoms with E-state index in [2.05, 4.69) is 4.74 Å². The second kappa shape index (κ2) is 3.19. The molecule has 0 radical (unpaired) electrons. The van der Waals surface area contributed by atoms with Gasteiger partial charge in [-0.1, -0.05) is 0 Å².